The molecule has 1 N–H and O–H groups in total. The maximum Gasteiger partial charge on any atom is 0.309 e. The third-order valence-electron chi connectivity index (χ3n) is 4.79. The van der Waals surface area contributed by atoms with Crippen LogP contribution in [-0.4, -0.2) is 26.9 Å². The third kappa shape index (κ3) is 2.89. The average Bonchev–Trinajstić information content (AvgIpc) is 2.88. The highest BCUT2D eigenvalue weighted by Gasteiger charge is 2.45. The molecular formula is C19H20N2O3. The number of nitrogens with zero attached hydrogens (tertiary/aromatic N) is 2. The van der Waals surface area contributed by atoms with Gasteiger partial charge in [0.2, 0.25) is 5.91 Å². The van der Waals surface area contributed by atoms with Crippen LogP contribution in [0.25, 0.3) is 0 Å². The fourth-order valence-electron chi connectivity index (χ4n) is 3.37. The van der Waals surface area contributed by atoms with Gasteiger partial charge in [-0.1, -0.05) is 24.3 Å². The van der Waals surface area contributed by atoms with Gasteiger partial charge in [-0.2, -0.15) is 0 Å². The number of carbonyl (C=O) groups excluding carboxylic acids is 1. The molecule has 0 spiro atoms. The molecule has 0 bridgehead atoms. The summed E-state index contributed by atoms with van der Waals surface area (Å²) in [4.78, 5) is 30.0. The fourth-order valence-corrected chi connectivity index (χ4v) is 3.37. The van der Waals surface area contributed by atoms with Crippen molar-refractivity contribution in [1.29, 1.82) is 0 Å². The van der Waals surface area contributed by atoms with Gasteiger partial charge in [0.05, 0.1) is 12.0 Å². The summed E-state index contributed by atoms with van der Waals surface area (Å²) in [6.07, 6.45) is 3.42. The van der Waals surface area contributed by atoms with Crippen LogP contribution in [0.2, 0.25) is 0 Å². The molecule has 124 valence electrons. The molecule has 2 heterocycles. The summed E-state index contributed by atoms with van der Waals surface area (Å²) in [5.41, 5.74) is 3.95. The maximum atomic E-state index is 12.5. The molecule has 1 saturated heterocycles. The Morgan fingerprint density at radius 1 is 1.29 bits per heavy atom. The second-order valence-electron chi connectivity index (χ2n) is 6.27. The average molecular weight is 324 g/mol. The lowest BCUT2D eigenvalue weighted by Crippen LogP contribution is -2.30. The summed E-state index contributed by atoms with van der Waals surface area (Å²) >= 11 is 0. The van der Waals surface area contributed by atoms with Crippen LogP contribution in [0.15, 0.2) is 42.7 Å². The van der Waals surface area contributed by atoms with Crippen LogP contribution in [-0.2, 0) is 16.1 Å². The number of rotatable bonds is 4. The highest BCUT2D eigenvalue weighted by Crippen LogP contribution is 2.41. The molecule has 5 heteroatoms. The van der Waals surface area contributed by atoms with Gasteiger partial charge >= 0.3 is 5.97 Å². The number of aliphatic carboxylic acids is 1. The molecule has 24 heavy (non-hydrogen) atoms. The number of aromatic nitrogens is 1. The largest absolute Gasteiger partial charge is 0.481 e. The van der Waals surface area contributed by atoms with Crippen molar-refractivity contribution in [3.05, 3.63) is 65.0 Å². The van der Waals surface area contributed by atoms with E-state index in [2.05, 4.69) is 4.98 Å². The lowest BCUT2D eigenvalue weighted by Gasteiger charge is -2.29. The molecule has 1 aromatic carbocycles. The monoisotopic (exact) mass is 324 g/mol. The van der Waals surface area contributed by atoms with E-state index >= 15 is 0 Å². The zero-order valence-electron chi connectivity index (χ0n) is 13.8. The molecule has 1 aliphatic rings. The molecule has 5 nitrogen and oxygen atoms in total. The molecule has 0 unspecified atom stereocenters. The molecule has 1 amide bonds. The Labute approximate surface area is 140 Å². The SMILES string of the molecule is Cc1cccc([C@H]2[C@@H](C(=O)O)CC(=O)N2Cc2cccnc2)c1C. The molecule has 1 aliphatic heterocycles. The second kappa shape index (κ2) is 6.43. The van der Waals surface area contributed by atoms with E-state index in [1.807, 2.05) is 44.2 Å². The van der Waals surface area contributed by atoms with Crippen molar-refractivity contribution in [2.24, 2.45) is 5.92 Å². The minimum Gasteiger partial charge on any atom is -0.481 e. The molecule has 2 atom stereocenters. The van der Waals surface area contributed by atoms with Crippen molar-refractivity contribution < 1.29 is 14.7 Å². The molecule has 0 saturated carbocycles. The number of hydrogen-bond acceptors (Lipinski definition) is 3. The number of benzene rings is 1. The van der Waals surface area contributed by atoms with Crippen LogP contribution in [0.5, 0.6) is 0 Å². The number of hydrogen-bond donors (Lipinski definition) is 1. The van der Waals surface area contributed by atoms with Crippen molar-refractivity contribution in [2.45, 2.75) is 32.9 Å². The van der Waals surface area contributed by atoms with Gasteiger partial charge in [0, 0.05) is 25.4 Å². The van der Waals surface area contributed by atoms with Crippen LogP contribution in [0.3, 0.4) is 0 Å². The van der Waals surface area contributed by atoms with Crippen molar-refractivity contribution in [2.75, 3.05) is 0 Å². The molecule has 3 rings (SSSR count). The lowest BCUT2D eigenvalue weighted by molar-refractivity contribution is -0.142. The van der Waals surface area contributed by atoms with E-state index < -0.39 is 17.9 Å². The summed E-state index contributed by atoms with van der Waals surface area (Å²) in [7, 11) is 0. The Morgan fingerprint density at radius 2 is 2.08 bits per heavy atom. The Hall–Kier alpha value is -2.69. The van der Waals surface area contributed by atoms with E-state index in [1.54, 1.807) is 17.3 Å². The Kier molecular flexibility index (Phi) is 4.34. The molecule has 1 fully saturated rings. The number of carboxylic acids is 1. The third-order valence-corrected chi connectivity index (χ3v) is 4.79. The predicted molar refractivity (Wildman–Crippen MR) is 89.2 cm³/mol. The smallest absolute Gasteiger partial charge is 0.309 e. The highest BCUT2D eigenvalue weighted by molar-refractivity contribution is 5.87. The van der Waals surface area contributed by atoms with Gasteiger partial charge in [-0.3, -0.25) is 14.6 Å². The van der Waals surface area contributed by atoms with Gasteiger partial charge in [0.1, 0.15) is 0 Å². The zero-order chi connectivity index (χ0) is 17.3. The number of carboxylic acid groups (broad SMARTS) is 1. The van der Waals surface area contributed by atoms with Crippen molar-refractivity contribution in [3.8, 4) is 0 Å². The van der Waals surface area contributed by atoms with Crippen molar-refractivity contribution in [3.63, 3.8) is 0 Å². The molecular weight excluding hydrogens is 304 g/mol. The van der Waals surface area contributed by atoms with Crippen molar-refractivity contribution in [1.82, 2.24) is 9.88 Å². The number of aryl methyl sites for hydroxylation is 1. The first-order chi connectivity index (χ1) is 11.5. The van der Waals surface area contributed by atoms with Gasteiger partial charge in [0.25, 0.3) is 0 Å². The van der Waals surface area contributed by atoms with E-state index in [9.17, 15) is 14.7 Å². The van der Waals surface area contributed by atoms with Gasteiger partial charge in [-0.25, -0.2) is 0 Å². The summed E-state index contributed by atoms with van der Waals surface area (Å²) in [6, 6.07) is 9.11. The lowest BCUT2D eigenvalue weighted by atomic mass is 9.89. The van der Waals surface area contributed by atoms with Crippen LogP contribution in [0.4, 0.5) is 0 Å². The van der Waals surface area contributed by atoms with Gasteiger partial charge < -0.3 is 10.0 Å². The summed E-state index contributed by atoms with van der Waals surface area (Å²) < 4.78 is 0. The first-order valence-electron chi connectivity index (χ1n) is 7.96. The van der Waals surface area contributed by atoms with Gasteiger partial charge in [-0.05, 0) is 42.2 Å². The Bertz CT molecular complexity index is 773. The van der Waals surface area contributed by atoms with Crippen LogP contribution in [0, 0.1) is 19.8 Å². The van der Waals surface area contributed by atoms with E-state index in [1.165, 1.54) is 0 Å². The minimum atomic E-state index is -0.928. The quantitative estimate of drug-likeness (QED) is 0.939. The second-order valence-corrected chi connectivity index (χ2v) is 6.27. The molecule has 0 radical (unpaired) electrons. The Balaban J connectivity index is 2.03. The first-order valence-corrected chi connectivity index (χ1v) is 7.96. The zero-order valence-corrected chi connectivity index (χ0v) is 13.8. The summed E-state index contributed by atoms with van der Waals surface area (Å²) in [5.74, 6) is -1.78. The topological polar surface area (TPSA) is 70.5 Å². The maximum absolute atomic E-state index is 12.5. The van der Waals surface area contributed by atoms with E-state index in [4.69, 9.17) is 0 Å². The van der Waals surface area contributed by atoms with E-state index in [0.717, 1.165) is 22.3 Å². The number of pyridine rings is 1. The Morgan fingerprint density at radius 3 is 2.75 bits per heavy atom. The first kappa shape index (κ1) is 16.2. The number of carbonyl (C=O) groups is 2. The molecule has 0 aliphatic carbocycles. The minimum absolute atomic E-state index is 0.0354. The molecule has 2 aromatic rings. The number of amides is 1. The van der Waals surface area contributed by atoms with Crippen molar-refractivity contribution >= 4 is 11.9 Å². The van der Waals surface area contributed by atoms with Crippen LogP contribution < -0.4 is 0 Å². The van der Waals surface area contributed by atoms with Crippen LogP contribution in [0.1, 0.15) is 34.7 Å². The predicted octanol–water partition coefficient (Wildman–Crippen LogP) is 2.87. The fraction of sp³-hybridized carbons (Fsp3) is 0.316. The molecule has 1 aromatic heterocycles. The highest BCUT2D eigenvalue weighted by atomic mass is 16.4. The summed E-state index contributed by atoms with van der Waals surface area (Å²) in [6.45, 7) is 4.35. The van der Waals surface area contributed by atoms with E-state index in [0.29, 0.717) is 6.54 Å². The van der Waals surface area contributed by atoms with Gasteiger partial charge in [0.15, 0.2) is 0 Å². The van der Waals surface area contributed by atoms with Crippen LogP contribution >= 0.6 is 0 Å². The van der Waals surface area contributed by atoms with Gasteiger partial charge in [-0.15, -0.1) is 0 Å². The number of likely N-dealkylation sites (tertiary alicyclic amines) is 1. The standard InChI is InChI=1S/C19H20N2O3/c1-12-5-3-7-15(13(12)2)18-16(19(23)24)9-17(22)21(18)11-14-6-4-8-20-10-14/h3-8,10,16,18H,9,11H2,1-2H3,(H,23,24)/t16-,18-/m0/s1. The summed E-state index contributed by atoms with van der Waals surface area (Å²) in [5, 5.41) is 9.62. The normalized spacial score (nSPS) is 20.4. The van der Waals surface area contributed by atoms with E-state index in [-0.39, 0.29) is 12.3 Å².